The highest BCUT2D eigenvalue weighted by atomic mass is 32.1. The molecule has 2 aliphatic rings. The van der Waals surface area contributed by atoms with Crippen molar-refractivity contribution < 1.29 is 9.47 Å². The molecule has 0 radical (unpaired) electrons. The summed E-state index contributed by atoms with van der Waals surface area (Å²) in [7, 11) is 0. The zero-order valence-corrected chi connectivity index (χ0v) is 35.0. The fourth-order valence-electron chi connectivity index (χ4n) is 7.39. The van der Waals surface area contributed by atoms with Crippen LogP contribution in [0.4, 0.5) is 0 Å². The zero-order valence-electron chi connectivity index (χ0n) is 29.2. The van der Waals surface area contributed by atoms with Gasteiger partial charge >= 0.3 is 0 Å². The molecule has 6 nitrogen and oxygen atoms in total. The molecule has 9 aromatic rings. The molecular weight excluding hydrogens is 793 g/mol. The highest BCUT2D eigenvalue weighted by molar-refractivity contribution is 7.28. The topological polar surface area (TPSA) is 70.0 Å². The summed E-state index contributed by atoms with van der Waals surface area (Å²) >= 11 is 12.0. The summed E-state index contributed by atoms with van der Waals surface area (Å²) in [4.78, 5) is 22.6. The van der Waals surface area contributed by atoms with Crippen LogP contribution in [0.1, 0.15) is 50.2 Å². The van der Waals surface area contributed by atoms with Crippen LogP contribution in [0.5, 0.6) is 11.5 Å². The second-order valence-corrected chi connectivity index (χ2v) is 20.9. The maximum Gasteiger partial charge on any atom is 0.140 e. The number of benzene rings is 1. The van der Waals surface area contributed by atoms with Crippen molar-refractivity contribution in [1.29, 1.82) is 0 Å². The Balaban J connectivity index is 1.04. The lowest BCUT2D eigenvalue weighted by atomic mass is 9.95. The van der Waals surface area contributed by atoms with Crippen molar-refractivity contribution in [1.82, 2.24) is 18.7 Å². The van der Waals surface area contributed by atoms with Crippen LogP contribution in [0.3, 0.4) is 0 Å². The molecule has 53 heavy (non-hydrogen) atoms. The molecule has 0 bridgehead atoms. The van der Waals surface area contributed by atoms with Gasteiger partial charge in [-0.25, -0.2) is 9.97 Å². The molecule has 0 fully saturated rings. The number of nitrogens with zero attached hydrogens (tertiary/aromatic N) is 4. The first-order valence-corrected chi connectivity index (χ1v) is 22.8. The minimum Gasteiger partial charge on any atom is -0.482 e. The summed E-state index contributed by atoms with van der Waals surface area (Å²) in [5.74, 6) is 1.94. The van der Waals surface area contributed by atoms with Crippen LogP contribution in [-0.4, -0.2) is 18.7 Å². The molecule has 0 amide bonds. The van der Waals surface area contributed by atoms with Crippen LogP contribution < -0.4 is 9.47 Å². The minimum absolute atomic E-state index is 0.355. The van der Waals surface area contributed by atoms with Crippen molar-refractivity contribution in [3.63, 3.8) is 0 Å². The van der Waals surface area contributed by atoms with Gasteiger partial charge in [0, 0.05) is 57.6 Å². The third kappa shape index (κ3) is 4.81. The van der Waals surface area contributed by atoms with E-state index in [1.54, 1.807) is 56.7 Å². The first-order chi connectivity index (χ1) is 25.5. The second-order valence-electron chi connectivity index (χ2n) is 14.3. The molecule has 0 saturated carbocycles. The van der Waals surface area contributed by atoms with Crippen molar-refractivity contribution in [2.45, 2.75) is 52.7 Å². The van der Waals surface area contributed by atoms with E-state index >= 15 is 0 Å². The van der Waals surface area contributed by atoms with Gasteiger partial charge in [0.15, 0.2) is 0 Å². The Labute approximate surface area is 333 Å². The molecule has 0 spiro atoms. The van der Waals surface area contributed by atoms with E-state index in [4.69, 9.17) is 28.2 Å². The Morgan fingerprint density at radius 2 is 1.04 bits per heavy atom. The van der Waals surface area contributed by atoms with Gasteiger partial charge in [-0.05, 0) is 94.8 Å². The van der Waals surface area contributed by atoms with Gasteiger partial charge in [0.05, 0.1) is 42.6 Å². The highest BCUT2D eigenvalue weighted by Gasteiger charge is 2.37. The predicted molar refractivity (Wildman–Crippen MR) is 227 cm³/mol. The van der Waals surface area contributed by atoms with E-state index in [-0.39, 0.29) is 5.60 Å². The molecular formula is C40H28N4O2S7. The van der Waals surface area contributed by atoms with E-state index in [0.29, 0.717) is 0 Å². The maximum absolute atomic E-state index is 6.54. The number of aromatic nitrogens is 4. The van der Waals surface area contributed by atoms with Crippen LogP contribution >= 0.6 is 79.7 Å². The SMILES string of the molecule is Cc1nc2c(-c3ccc(-c4cc5c(s4)-c4sccc4C(C)(C)O5)s3)c3nsnc3c(-c3ccc(-c4cc5c(s4)-c4sccc4OC5(C)C)s3)c2nc1C. The van der Waals surface area contributed by atoms with Gasteiger partial charge in [0.25, 0.3) is 0 Å². The Bertz CT molecular complexity index is 2960. The molecule has 0 unspecified atom stereocenters. The number of hydrogen-bond donors (Lipinski definition) is 0. The van der Waals surface area contributed by atoms with Crippen molar-refractivity contribution in [3.8, 4) is 71.4 Å². The molecule has 262 valence electrons. The highest BCUT2D eigenvalue weighted by Crippen LogP contribution is 2.56. The van der Waals surface area contributed by atoms with Crippen molar-refractivity contribution in [3.05, 3.63) is 81.8 Å². The summed E-state index contributed by atoms with van der Waals surface area (Å²) < 4.78 is 22.8. The third-order valence-electron chi connectivity index (χ3n) is 10.1. The van der Waals surface area contributed by atoms with Gasteiger partial charge in [-0.3, -0.25) is 0 Å². The van der Waals surface area contributed by atoms with Crippen LogP contribution in [-0.2, 0) is 11.2 Å². The average molecular weight is 821 g/mol. The average Bonchev–Trinajstić information content (AvgIpc) is 3.96. The monoisotopic (exact) mass is 820 g/mol. The molecule has 13 heteroatoms. The zero-order chi connectivity index (χ0) is 36.0. The number of aryl methyl sites for hydroxylation is 2. The van der Waals surface area contributed by atoms with E-state index in [9.17, 15) is 0 Å². The molecule has 10 heterocycles. The van der Waals surface area contributed by atoms with Gasteiger partial charge in [-0.2, -0.15) is 8.75 Å². The van der Waals surface area contributed by atoms with E-state index in [1.165, 1.54) is 61.9 Å². The molecule has 8 aromatic heterocycles. The number of ether oxygens (including phenoxy) is 2. The summed E-state index contributed by atoms with van der Waals surface area (Å²) in [6.07, 6.45) is 0. The summed E-state index contributed by atoms with van der Waals surface area (Å²) in [6, 6.07) is 17.7. The predicted octanol–water partition coefficient (Wildman–Crippen LogP) is 13.9. The van der Waals surface area contributed by atoms with Gasteiger partial charge < -0.3 is 9.47 Å². The van der Waals surface area contributed by atoms with E-state index in [2.05, 4.69) is 87.0 Å². The van der Waals surface area contributed by atoms with Gasteiger partial charge in [-0.15, -0.1) is 68.0 Å². The largest absolute Gasteiger partial charge is 0.482 e. The number of hydrogen-bond acceptors (Lipinski definition) is 13. The van der Waals surface area contributed by atoms with Crippen LogP contribution in [0.15, 0.2) is 59.3 Å². The Morgan fingerprint density at radius 3 is 1.72 bits per heavy atom. The van der Waals surface area contributed by atoms with Gasteiger partial charge in [0.2, 0.25) is 0 Å². The molecule has 0 atom stereocenters. The molecule has 0 N–H and O–H groups in total. The standard InChI is InChI=1S/C40H28N4O2S7/c1-17-18(2)42-32-30(26-10-8-24(50-26)28-16-22-38(52-28)35-19(11-13-47-35)39(3,4)46-22)34-33(43-53-44-34)29(31(32)41-17)25-9-7-23(49-25)27-15-20-36(51-27)37-21(12-14-48-37)45-40(20,5)6/h7-16H,1-6H3. The summed E-state index contributed by atoms with van der Waals surface area (Å²) in [5, 5.41) is 4.29. The second kappa shape index (κ2) is 11.4. The van der Waals surface area contributed by atoms with Crippen LogP contribution in [0.2, 0.25) is 0 Å². The summed E-state index contributed by atoms with van der Waals surface area (Å²) in [5.41, 5.74) is 9.03. The third-order valence-corrected chi connectivity index (χ3v) is 17.6. The number of fused-ring (bicyclic) bond motifs is 8. The lowest BCUT2D eigenvalue weighted by Crippen LogP contribution is -2.27. The van der Waals surface area contributed by atoms with E-state index in [1.807, 2.05) is 25.2 Å². The van der Waals surface area contributed by atoms with Crippen molar-refractivity contribution in [2.75, 3.05) is 0 Å². The van der Waals surface area contributed by atoms with Crippen molar-refractivity contribution >= 4 is 102 Å². The summed E-state index contributed by atoms with van der Waals surface area (Å²) in [6.45, 7) is 12.7. The number of thiophene rings is 6. The van der Waals surface area contributed by atoms with E-state index in [0.717, 1.165) is 65.8 Å². The number of rotatable bonds is 4. The normalized spacial score (nSPS) is 15.2. The van der Waals surface area contributed by atoms with Crippen LogP contribution in [0.25, 0.3) is 82.0 Å². The maximum atomic E-state index is 6.54. The first kappa shape index (κ1) is 32.6. The van der Waals surface area contributed by atoms with Crippen LogP contribution in [0, 0.1) is 13.8 Å². The lowest BCUT2D eigenvalue weighted by molar-refractivity contribution is 0.107. The molecule has 2 aliphatic heterocycles. The fraction of sp³-hybridized carbons (Fsp3) is 0.200. The van der Waals surface area contributed by atoms with E-state index < -0.39 is 5.60 Å². The minimum atomic E-state index is -0.392. The Kier molecular flexibility index (Phi) is 6.98. The van der Waals surface area contributed by atoms with Crippen molar-refractivity contribution in [2.24, 2.45) is 0 Å². The van der Waals surface area contributed by atoms with Gasteiger partial charge in [0.1, 0.15) is 44.8 Å². The smallest absolute Gasteiger partial charge is 0.140 e. The Morgan fingerprint density at radius 1 is 0.491 bits per heavy atom. The quantitative estimate of drug-likeness (QED) is 0.176. The van der Waals surface area contributed by atoms with Gasteiger partial charge in [-0.1, -0.05) is 0 Å². The lowest BCUT2D eigenvalue weighted by Gasteiger charge is -2.31. The fourth-order valence-corrected chi connectivity index (χ4v) is 14.8. The molecule has 0 aliphatic carbocycles. The molecule has 0 saturated heterocycles. The molecule has 11 rings (SSSR count). The first-order valence-electron chi connectivity index (χ1n) is 17.0. The molecule has 1 aromatic carbocycles. The Hall–Kier alpha value is -3.82.